The SMILES string of the molecule is Cc1csc(SCc2c(C(=O)N(C)CC(=O)NC3CC3)oc3ccccc23)n1. The van der Waals surface area contributed by atoms with Crippen molar-refractivity contribution in [3.8, 4) is 0 Å². The average Bonchev–Trinajstić information content (AvgIpc) is 3.26. The minimum Gasteiger partial charge on any atom is -0.451 e. The zero-order chi connectivity index (χ0) is 19.7. The molecule has 146 valence electrons. The van der Waals surface area contributed by atoms with Crippen LogP contribution in [0.15, 0.2) is 38.4 Å². The number of fused-ring (bicyclic) bond motifs is 1. The van der Waals surface area contributed by atoms with Gasteiger partial charge in [0.25, 0.3) is 5.91 Å². The van der Waals surface area contributed by atoms with E-state index in [1.165, 1.54) is 4.90 Å². The Morgan fingerprint density at radius 2 is 2.14 bits per heavy atom. The number of thioether (sulfide) groups is 1. The molecule has 0 bridgehead atoms. The molecule has 0 radical (unpaired) electrons. The maximum atomic E-state index is 13.0. The minimum atomic E-state index is -0.284. The number of benzene rings is 1. The number of carbonyl (C=O) groups is 2. The van der Waals surface area contributed by atoms with Gasteiger partial charge in [-0.3, -0.25) is 9.59 Å². The summed E-state index contributed by atoms with van der Waals surface area (Å²) in [4.78, 5) is 31.0. The maximum Gasteiger partial charge on any atom is 0.290 e. The molecular weight excluding hydrogens is 394 g/mol. The lowest BCUT2D eigenvalue weighted by atomic mass is 10.1. The molecule has 28 heavy (non-hydrogen) atoms. The number of hydrogen-bond donors (Lipinski definition) is 1. The smallest absolute Gasteiger partial charge is 0.290 e. The summed E-state index contributed by atoms with van der Waals surface area (Å²) in [6.07, 6.45) is 2.04. The van der Waals surface area contributed by atoms with Crippen molar-refractivity contribution in [2.24, 2.45) is 0 Å². The number of carbonyl (C=O) groups excluding carboxylic acids is 2. The molecule has 2 amide bonds. The third-order valence-corrected chi connectivity index (χ3v) is 6.67. The van der Waals surface area contributed by atoms with E-state index < -0.39 is 0 Å². The van der Waals surface area contributed by atoms with Gasteiger partial charge in [0.05, 0.1) is 6.54 Å². The van der Waals surface area contributed by atoms with Gasteiger partial charge in [0.2, 0.25) is 5.91 Å². The second-order valence-corrected chi connectivity index (χ2v) is 9.03. The number of nitrogens with one attached hydrogen (secondary N) is 1. The first-order valence-corrected chi connectivity index (χ1v) is 11.0. The fourth-order valence-corrected chi connectivity index (χ4v) is 4.79. The summed E-state index contributed by atoms with van der Waals surface area (Å²) in [5.41, 5.74) is 2.50. The number of rotatable bonds is 7. The molecule has 1 fully saturated rings. The van der Waals surface area contributed by atoms with Crippen molar-refractivity contribution in [2.45, 2.75) is 35.9 Å². The first kappa shape index (κ1) is 19.0. The second-order valence-electron chi connectivity index (χ2n) is 6.95. The molecule has 0 saturated heterocycles. The number of likely N-dealkylation sites (N-methyl/N-ethyl adjacent to an activating group) is 1. The van der Waals surface area contributed by atoms with E-state index in [0.29, 0.717) is 17.1 Å². The van der Waals surface area contributed by atoms with Crippen LogP contribution in [0, 0.1) is 6.92 Å². The summed E-state index contributed by atoms with van der Waals surface area (Å²) in [6.45, 7) is 1.98. The second kappa shape index (κ2) is 7.97. The number of thiazole rings is 1. The fraction of sp³-hybridized carbons (Fsp3) is 0.350. The molecule has 1 aliphatic rings. The summed E-state index contributed by atoms with van der Waals surface area (Å²) >= 11 is 3.18. The van der Waals surface area contributed by atoms with Gasteiger partial charge in [0.1, 0.15) is 9.92 Å². The van der Waals surface area contributed by atoms with Crippen molar-refractivity contribution in [2.75, 3.05) is 13.6 Å². The van der Waals surface area contributed by atoms with E-state index in [0.717, 1.165) is 33.8 Å². The molecule has 0 atom stereocenters. The molecule has 0 unspecified atom stereocenters. The van der Waals surface area contributed by atoms with Gasteiger partial charge in [-0.15, -0.1) is 11.3 Å². The highest BCUT2D eigenvalue weighted by Crippen LogP contribution is 2.33. The molecule has 6 nitrogen and oxygen atoms in total. The molecule has 1 aliphatic carbocycles. The standard InChI is InChI=1S/C20H21N3O3S2/c1-12-10-27-20(21-12)28-11-15-14-5-3-4-6-16(14)26-18(15)19(25)23(2)9-17(24)22-13-7-8-13/h3-6,10,13H,7-9,11H2,1-2H3,(H,22,24). The number of amides is 2. The summed E-state index contributed by atoms with van der Waals surface area (Å²) in [5.74, 6) is 0.452. The van der Waals surface area contributed by atoms with Gasteiger partial charge in [0.15, 0.2) is 5.76 Å². The van der Waals surface area contributed by atoms with Crippen LogP contribution in [-0.4, -0.2) is 41.3 Å². The largest absolute Gasteiger partial charge is 0.451 e. The Hall–Kier alpha value is -2.32. The molecule has 1 saturated carbocycles. The van der Waals surface area contributed by atoms with E-state index in [1.54, 1.807) is 30.1 Å². The lowest BCUT2D eigenvalue weighted by Crippen LogP contribution is -2.39. The molecule has 1 aromatic carbocycles. The number of furan rings is 1. The summed E-state index contributed by atoms with van der Waals surface area (Å²) in [7, 11) is 1.63. The molecule has 4 rings (SSSR count). The van der Waals surface area contributed by atoms with E-state index in [9.17, 15) is 9.59 Å². The Morgan fingerprint density at radius 1 is 1.36 bits per heavy atom. The lowest BCUT2D eigenvalue weighted by Gasteiger charge is -2.16. The van der Waals surface area contributed by atoms with E-state index in [-0.39, 0.29) is 24.4 Å². The summed E-state index contributed by atoms with van der Waals surface area (Å²) in [6, 6.07) is 7.90. The van der Waals surface area contributed by atoms with Gasteiger partial charge in [-0.05, 0) is 25.8 Å². The lowest BCUT2D eigenvalue weighted by molar-refractivity contribution is -0.121. The van der Waals surface area contributed by atoms with Gasteiger partial charge >= 0.3 is 0 Å². The summed E-state index contributed by atoms with van der Waals surface area (Å²) in [5, 5.41) is 5.83. The monoisotopic (exact) mass is 415 g/mol. The molecule has 2 aromatic heterocycles. The molecule has 0 spiro atoms. The highest BCUT2D eigenvalue weighted by Gasteiger charge is 2.27. The first-order chi connectivity index (χ1) is 13.5. The zero-order valence-electron chi connectivity index (χ0n) is 15.7. The van der Waals surface area contributed by atoms with Crippen LogP contribution in [-0.2, 0) is 10.5 Å². The topological polar surface area (TPSA) is 75.4 Å². The van der Waals surface area contributed by atoms with Crippen LogP contribution in [0.1, 0.15) is 34.7 Å². The molecule has 3 aromatic rings. The van der Waals surface area contributed by atoms with Crippen LogP contribution in [0.25, 0.3) is 11.0 Å². The quantitative estimate of drug-likeness (QED) is 0.594. The zero-order valence-corrected chi connectivity index (χ0v) is 17.4. The van der Waals surface area contributed by atoms with Crippen LogP contribution >= 0.6 is 23.1 Å². The Bertz CT molecular complexity index is 1020. The van der Waals surface area contributed by atoms with Crippen molar-refractivity contribution in [1.82, 2.24) is 15.2 Å². The minimum absolute atomic E-state index is 0.0185. The van der Waals surface area contributed by atoms with Crippen LogP contribution in [0.3, 0.4) is 0 Å². The Balaban J connectivity index is 1.55. The number of aromatic nitrogens is 1. The van der Waals surface area contributed by atoms with Crippen molar-refractivity contribution < 1.29 is 14.0 Å². The number of nitrogens with zero attached hydrogens (tertiary/aromatic N) is 2. The van der Waals surface area contributed by atoms with Gasteiger partial charge in [-0.1, -0.05) is 30.0 Å². The van der Waals surface area contributed by atoms with E-state index in [2.05, 4.69) is 10.3 Å². The third-order valence-electron chi connectivity index (χ3n) is 4.50. The van der Waals surface area contributed by atoms with Crippen LogP contribution in [0.5, 0.6) is 0 Å². The number of aryl methyl sites for hydroxylation is 1. The number of hydrogen-bond acceptors (Lipinski definition) is 6. The number of para-hydroxylation sites is 1. The predicted octanol–water partition coefficient (Wildman–Crippen LogP) is 3.84. The van der Waals surface area contributed by atoms with Crippen molar-refractivity contribution in [1.29, 1.82) is 0 Å². The molecule has 1 N–H and O–H groups in total. The van der Waals surface area contributed by atoms with E-state index in [4.69, 9.17) is 4.42 Å². The maximum absolute atomic E-state index is 13.0. The van der Waals surface area contributed by atoms with Crippen LogP contribution in [0.2, 0.25) is 0 Å². The fourth-order valence-electron chi connectivity index (χ4n) is 2.91. The predicted molar refractivity (Wildman–Crippen MR) is 111 cm³/mol. The average molecular weight is 416 g/mol. The van der Waals surface area contributed by atoms with Gasteiger partial charge in [0, 0.05) is 40.9 Å². The first-order valence-electron chi connectivity index (χ1n) is 9.11. The highest BCUT2D eigenvalue weighted by molar-refractivity contribution is 8.00. The molecular formula is C20H21N3O3S2. The van der Waals surface area contributed by atoms with Gasteiger partial charge < -0.3 is 14.6 Å². The molecule has 0 aliphatic heterocycles. The van der Waals surface area contributed by atoms with Crippen LogP contribution in [0.4, 0.5) is 0 Å². The molecule has 8 heteroatoms. The van der Waals surface area contributed by atoms with Crippen molar-refractivity contribution in [3.63, 3.8) is 0 Å². The normalized spacial score (nSPS) is 13.6. The van der Waals surface area contributed by atoms with Crippen molar-refractivity contribution >= 4 is 45.9 Å². The van der Waals surface area contributed by atoms with Crippen molar-refractivity contribution in [3.05, 3.63) is 46.7 Å². The van der Waals surface area contributed by atoms with Gasteiger partial charge in [-0.25, -0.2) is 4.98 Å². The molecule has 2 heterocycles. The highest BCUT2D eigenvalue weighted by atomic mass is 32.2. The van der Waals surface area contributed by atoms with E-state index >= 15 is 0 Å². The Kier molecular flexibility index (Phi) is 5.41. The third kappa shape index (κ3) is 4.23. The van der Waals surface area contributed by atoms with Gasteiger partial charge in [-0.2, -0.15) is 0 Å². The Morgan fingerprint density at radius 3 is 2.86 bits per heavy atom. The van der Waals surface area contributed by atoms with E-state index in [1.807, 2.05) is 36.6 Å². The van der Waals surface area contributed by atoms with Crippen LogP contribution < -0.4 is 5.32 Å². The Labute approximate surface area is 171 Å². The summed E-state index contributed by atoms with van der Waals surface area (Å²) < 4.78 is 6.85.